The van der Waals surface area contributed by atoms with E-state index in [1.165, 1.54) is 32.4 Å². The summed E-state index contributed by atoms with van der Waals surface area (Å²) in [5.41, 5.74) is 6.19. The SMILES string of the molecule is CN1CCC(CCN=C(N)N2CCN(c3nccs3)CC2)CC1. The maximum absolute atomic E-state index is 6.19. The summed E-state index contributed by atoms with van der Waals surface area (Å²) in [6, 6.07) is 0. The number of nitrogens with zero attached hydrogens (tertiary/aromatic N) is 5. The van der Waals surface area contributed by atoms with Gasteiger partial charge in [0, 0.05) is 44.3 Å². The number of hydrogen-bond acceptors (Lipinski definition) is 5. The molecule has 0 atom stereocenters. The van der Waals surface area contributed by atoms with E-state index in [2.05, 4.69) is 31.7 Å². The second-order valence-electron chi connectivity index (χ2n) is 6.56. The molecular weight excluding hydrogens is 308 g/mol. The number of rotatable bonds is 4. The molecule has 3 heterocycles. The van der Waals surface area contributed by atoms with E-state index in [-0.39, 0.29) is 0 Å². The Morgan fingerprint density at radius 2 is 2.00 bits per heavy atom. The second kappa shape index (κ2) is 7.97. The van der Waals surface area contributed by atoms with Gasteiger partial charge in [-0.05, 0) is 45.3 Å². The average molecular weight is 337 g/mol. The first-order valence-electron chi connectivity index (χ1n) is 8.60. The maximum Gasteiger partial charge on any atom is 0.191 e. The van der Waals surface area contributed by atoms with Crippen molar-refractivity contribution in [2.75, 3.05) is 57.8 Å². The molecule has 128 valence electrons. The molecular formula is C16H28N6S. The van der Waals surface area contributed by atoms with E-state index in [9.17, 15) is 0 Å². The summed E-state index contributed by atoms with van der Waals surface area (Å²) in [6.07, 6.45) is 5.65. The van der Waals surface area contributed by atoms with Gasteiger partial charge in [0.25, 0.3) is 0 Å². The van der Waals surface area contributed by atoms with Crippen LogP contribution in [0.1, 0.15) is 19.3 Å². The molecule has 0 aliphatic carbocycles. The molecule has 6 nitrogen and oxygen atoms in total. The first-order chi connectivity index (χ1) is 11.2. The van der Waals surface area contributed by atoms with Crippen molar-refractivity contribution in [3.05, 3.63) is 11.6 Å². The molecule has 1 aromatic heterocycles. The highest BCUT2D eigenvalue weighted by atomic mass is 32.1. The first-order valence-corrected chi connectivity index (χ1v) is 9.48. The number of guanidine groups is 1. The lowest BCUT2D eigenvalue weighted by molar-refractivity contribution is 0.214. The fourth-order valence-corrected chi connectivity index (χ4v) is 4.01. The molecule has 0 saturated carbocycles. The van der Waals surface area contributed by atoms with Crippen LogP contribution >= 0.6 is 11.3 Å². The first kappa shape index (κ1) is 16.5. The van der Waals surface area contributed by atoms with Crippen LogP contribution in [0.15, 0.2) is 16.6 Å². The van der Waals surface area contributed by atoms with Gasteiger partial charge in [0.15, 0.2) is 11.1 Å². The Hall–Kier alpha value is -1.34. The Morgan fingerprint density at radius 1 is 1.26 bits per heavy atom. The van der Waals surface area contributed by atoms with Gasteiger partial charge in [-0.15, -0.1) is 11.3 Å². The van der Waals surface area contributed by atoms with Crippen molar-refractivity contribution >= 4 is 22.4 Å². The lowest BCUT2D eigenvalue weighted by atomic mass is 9.94. The molecule has 0 aromatic carbocycles. The van der Waals surface area contributed by atoms with Gasteiger partial charge in [-0.25, -0.2) is 4.98 Å². The maximum atomic E-state index is 6.19. The van der Waals surface area contributed by atoms with Crippen LogP contribution in [0, 0.1) is 5.92 Å². The topological polar surface area (TPSA) is 61.0 Å². The summed E-state index contributed by atoms with van der Waals surface area (Å²) >= 11 is 1.70. The highest BCUT2D eigenvalue weighted by molar-refractivity contribution is 7.13. The van der Waals surface area contributed by atoms with Gasteiger partial charge in [0.2, 0.25) is 0 Å². The largest absolute Gasteiger partial charge is 0.370 e. The van der Waals surface area contributed by atoms with Crippen molar-refractivity contribution in [1.29, 1.82) is 0 Å². The van der Waals surface area contributed by atoms with Crippen molar-refractivity contribution in [2.24, 2.45) is 16.6 Å². The number of anilines is 1. The Morgan fingerprint density at radius 3 is 2.65 bits per heavy atom. The molecule has 2 fully saturated rings. The number of likely N-dealkylation sites (tertiary alicyclic amines) is 1. The molecule has 0 unspecified atom stereocenters. The van der Waals surface area contributed by atoms with Crippen LogP contribution in [0.25, 0.3) is 0 Å². The minimum Gasteiger partial charge on any atom is -0.370 e. The van der Waals surface area contributed by atoms with Crippen LogP contribution in [0.2, 0.25) is 0 Å². The normalized spacial score (nSPS) is 21.9. The number of nitrogens with two attached hydrogens (primary N) is 1. The zero-order valence-corrected chi connectivity index (χ0v) is 14.8. The van der Waals surface area contributed by atoms with Gasteiger partial charge < -0.3 is 20.4 Å². The zero-order chi connectivity index (χ0) is 16.1. The molecule has 2 aliphatic rings. The van der Waals surface area contributed by atoms with Gasteiger partial charge in [-0.3, -0.25) is 4.99 Å². The number of piperidine rings is 1. The van der Waals surface area contributed by atoms with E-state index in [4.69, 9.17) is 5.73 Å². The van der Waals surface area contributed by atoms with Crippen LogP contribution < -0.4 is 10.6 Å². The van der Waals surface area contributed by atoms with Gasteiger partial charge in [0.05, 0.1) is 0 Å². The summed E-state index contributed by atoms with van der Waals surface area (Å²) in [7, 11) is 2.21. The molecule has 1 aromatic rings. The van der Waals surface area contributed by atoms with E-state index in [1.54, 1.807) is 11.3 Å². The van der Waals surface area contributed by atoms with Gasteiger partial charge in [-0.1, -0.05) is 0 Å². The summed E-state index contributed by atoms with van der Waals surface area (Å²) in [4.78, 5) is 15.9. The standard InChI is InChI=1S/C16H28N6S/c1-20-7-3-14(4-8-20)2-5-18-15(17)21-9-11-22(12-10-21)16-19-6-13-23-16/h6,13-14H,2-5,7-12H2,1H3,(H2,17,18). The summed E-state index contributed by atoms with van der Waals surface area (Å²) in [6.45, 7) is 7.13. The number of hydrogen-bond donors (Lipinski definition) is 1. The number of thiazole rings is 1. The third-order valence-electron chi connectivity index (χ3n) is 4.94. The molecule has 0 bridgehead atoms. The molecule has 7 heteroatoms. The number of piperazine rings is 1. The van der Waals surface area contributed by atoms with Gasteiger partial charge >= 0.3 is 0 Å². The van der Waals surface area contributed by atoms with Crippen molar-refractivity contribution < 1.29 is 0 Å². The van der Waals surface area contributed by atoms with Gasteiger partial charge in [-0.2, -0.15) is 0 Å². The highest BCUT2D eigenvalue weighted by Gasteiger charge is 2.20. The highest BCUT2D eigenvalue weighted by Crippen LogP contribution is 2.20. The average Bonchev–Trinajstić information content (AvgIpc) is 3.11. The lowest BCUT2D eigenvalue weighted by Crippen LogP contribution is -2.51. The summed E-state index contributed by atoms with van der Waals surface area (Å²) < 4.78 is 0. The van der Waals surface area contributed by atoms with Crippen molar-refractivity contribution in [3.63, 3.8) is 0 Å². The fraction of sp³-hybridized carbons (Fsp3) is 0.750. The molecule has 2 aliphatic heterocycles. The molecule has 0 spiro atoms. The monoisotopic (exact) mass is 336 g/mol. The van der Waals surface area contributed by atoms with Crippen molar-refractivity contribution in [2.45, 2.75) is 19.3 Å². The quantitative estimate of drug-likeness (QED) is 0.664. The van der Waals surface area contributed by atoms with Gasteiger partial charge in [0.1, 0.15) is 0 Å². The van der Waals surface area contributed by atoms with E-state index < -0.39 is 0 Å². The zero-order valence-electron chi connectivity index (χ0n) is 14.0. The Kier molecular flexibility index (Phi) is 5.72. The fourth-order valence-electron chi connectivity index (χ4n) is 3.31. The molecule has 2 saturated heterocycles. The van der Waals surface area contributed by atoms with Crippen molar-refractivity contribution in [3.8, 4) is 0 Å². The van der Waals surface area contributed by atoms with Crippen molar-refractivity contribution in [1.82, 2.24) is 14.8 Å². The van der Waals surface area contributed by atoms with Crippen LogP contribution in [-0.4, -0.2) is 73.6 Å². The molecule has 23 heavy (non-hydrogen) atoms. The van der Waals surface area contributed by atoms with E-state index in [1.807, 2.05) is 11.6 Å². The molecule has 0 amide bonds. The number of aliphatic imine (C=N–C) groups is 1. The molecule has 3 rings (SSSR count). The minimum absolute atomic E-state index is 0.719. The van der Waals surface area contributed by atoms with Crippen LogP contribution in [0.3, 0.4) is 0 Å². The predicted molar refractivity (Wildman–Crippen MR) is 97.2 cm³/mol. The summed E-state index contributed by atoms with van der Waals surface area (Å²) in [5, 5.41) is 3.14. The number of aromatic nitrogens is 1. The van der Waals surface area contributed by atoms with E-state index >= 15 is 0 Å². The predicted octanol–water partition coefficient (Wildman–Crippen LogP) is 1.31. The Bertz CT molecular complexity index is 487. The molecule has 0 radical (unpaired) electrons. The second-order valence-corrected chi connectivity index (χ2v) is 7.44. The third kappa shape index (κ3) is 4.57. The van der Waals surface area contributed by atoms with E-state index in [0.29, 0.717) is 0 Å². The van der Waals surface area contributed by atoms with Crippen LogP contribution in [-0.2, 0) is 0 Å². The minimum atomic E-state index is 0.719. The Balaban J connectivity index is 1.39. The third-order valence-corrected chi connectivity index (χ3v) is 5.77. The molecule has 2 N–H and O–H groups in total. The lowest BCUT2D eigenvalue weighted by Gasteiger charge is -2.35. The van der Waals surface area contributed by atoms with Crippen LogP contribution in [0.4, 0.5) is 5.13 Å². The smallest absolute Gasteiger partial charge is 0.191 e. The summed E-state index contributed by atoms with van der Waals surface area (Å²) in [5.74, 6) is 1.54. The Labute approximate surface area is 143 Å². The van der Waals surface area contributed by atoms with E-state index in [0.717, 1.165) is 49.7 Å². The van der Waals surface area contributed by atoms with Crippen LogP contribution in [0.5, 0.6) is 0 Å².